The number of aliphatic hydroxyl groups is 1. The van der Waals surface area contributed by atoms with E-state index >= 15 is 0 Å². The van der Waals surface area contributed by atoms with Crippen LogP contribution >= 0.6 is 11.8 Å². The largest absolute Gasteiger partial charge is 0.440 e. The van der Waals surface area contributed by atoms with Crippen LogP contribution in [-0.4, -0.2) is 10.1 Å². The molecule has 1 N–H and O–H groups in total. The molecule has 2 aromatic rings. The van der Waals surface area contributed by atoms with Crippen LogP contribution < -0.4 is 0 Å². The molecule has 0 saturated carbocycles. The average molecular weight is 239 g/mol. The van der Waals surface area contributed by atoms with Gasteiger partial charge in [0.25, 0.3) is 5.22 Å². The first-order chi connectivity index (χ1) is 7.66. The molecule has 1 heterocycles. The molecule has 0 radical (unpaired) electrons. The van der Waals surface area contributed by atoms with Gasteiger partial charge in [0.2, 0.25) is 0 Å². The normalized spacial score (nSPS) is 12.7. The number of hydrogen-bond donors (Lipinski definition) is 1. The first-order valence-electron chi connectivity index (χ1n) is 4.71. The Morgan fingerprint density at radius 2 is 2.31 bits per heavy atom. The van der Waals surface area contributed by atoms with Gasteiger partial charge in [-0.25, -0.2) is 9.37 Å². The van der Waals surface area contributed by atoms with E-state index in [1.54, 1.807) is 13.0 Å². The van der Waals surface area contributed by atoms with Gasteiger partial charge in [-0.1, -0.05) is 0 Å². The second-order valence-corrected chi connectivity index (χ2v) is 4.25. The molecule has 0 saturated heterocycles. The predicted molar refractivity (Wildman–Crippen MR) is 57.7 cm³/mol. The molecule has 0 fully saturated rings. The molecule has 0 amide bonds. The average Bonchev–Trinajstić information content (AvgIpc) is 2.73. The third-order valence-electron chi connectivity index (χ3n) is 2.03. The number of benzene rings is 1. The lowest BCUT2D eigenvalue weighted by Gasteiger charge is -2.09. The standard InChI is InChI=1S/C11H10FNO2S/c1-7(14)9-6-8(12)2-3-10(9)16-11-13-4-5-15-11/h2-7,14H,1H3/t7-/m1/s1. The Bertz CT molecular complexity index is 471. The molecular weight excluding hydrogens is 229 g/mol. The van der Waals surface area contributed by atoms with Crippen molar-refractivity contribution in [3.63, 3.8) is 0 Å². The van der Waals surface area contributed by atoms with Gasteiger partial charge in [-0.05, 0) is 42.4 Å². The summed E-state index contributed by atoms with van der Waals surface area (Å²) in [7, 11) is 0. The molecule has 5 heteroatoms. The highest BCUT2D eigenvalue weighted by atomic mass is 32.2. The minimum atomic E-state index is -0.729. The smallest absolute Gasteiger partial charge is 0.260 e. The van der Waals surface area contributed by atoms with Crippen LogP contribution in [0.1, 0.15) is 18.6 Å². The van der Waals surface area contributed by atoms with Crippen LogP contribution in [0.2, 0.25) is 0 Å². The van der Waals surface area contributed by atoms with Crippen molar-refractivity contribution in [1.29, 1.82) is 0 Å². The monoisotopic (exact) mass is 239 g/mol. The summed E-state index contributed by atoms with van der Waals surface area (Å²) in [5.41, 5.74) is 0.531. The molecule has 84 valence electrons. The Morgan fingerprint density at radius 1 is 1.50 bits per heavy atom. The SMILES string of the molecule is C[C@@H](O)c1cc(F)ccc1Sc1ncco1. The Balaban J connectivity index is 2.33. The van der Waals surface area contributed by atoms with E-state index in [2.05, 4.69) is 4.98 Å². The molecule has 3 nitrogen and oxygen atoms in total. The van der Waals surface area contributed by atoms with E-state index in [9.17, 15) is 9.50 Å². The third kappa shape index (κ3) is 2.43. The van der Waals surface area contributed by atoms with Gasteiger partial charge in [0.15, 0.2) is 0 Å². The molecule has 2 rings (SSSR count). The van der Waals surface area contributed by atoms with E-state index in [0.29, 0.717) is 10.8 Å². The highest BCUT2D eigenvalue weighted by molar-refractivity contribution is 7.99. The first kappa shape index (κ1) is 11.2. The van der Waals surface area contributed by atoms with Gasteiger partial charge in [0.05, 0.1) is 12.3 Å². The van der Waals surface area contributed by atoms with Gasteiger partial charge in [-0.15, -0.1) is 0 Å². The molecule has 0 aliphatic carbocycles. The Labute approximate surface area is 96.3 Å². The number of nitrogens with zero attached hydrogens (tertiary/aromatic N) is 1. The fourth-order valence-corrected chi connectivity index (χ4v) is 2.18. The van der Waals surface area contributed by atoms with Crippen LogP contribution in [0, 0.1) is 5.82 Å². The number of hydrogen-bond acceptors (Lipinski definition) is 4. The van der Waals surface area contributed by atoms with Crippen molar-refractivity contribution in [2.24, 2.45) is 0 Å². The molecule has 0 bridgehead atoms. The van der Waals surface area contributed by atoms with Crippen molar-refractivity contribution in [3.8, 4) is 0 Å². The Kier molecular flexibility index (Phi) is 3.26. The second-order valence-electron chi connectivity index (χ2n) is 3.26. The maximum absolute atomic E-state index is 13.0. The van der Waals surface area contributed by atoms with Gasteiger partial charge >= 0.3 is 0 Å². The summed E-state index contributed by atoms with van der Waals surface area (Å²) < 4.78 is 18.1. The zero-order valence-electron chi connectivity index (χ0n) is 8.55. The minimum Gasteiger partial charge on any atom is -0.440 e. The van der Waals surface area contributed by atoms with Crippen LogP contribution in [0.3, 0.4) is 0 Å². The van der Waals surface area contributed by atoms with Crippen molar-refractivity contribution in [1.82, 2.24) is 4.98 Å². The Hall–Kier alpha value is -1.33. The van der Waals surface area contributed by atoms with E-state index in [1.807, 2.05) is 0 Å². The van der Waals surface area contributed by atoms with Crippen LogP contribution in [0.25, 0.3) is 0 Å². The molecule has 16 heavy (non-hydrogen) atoms. The van der Waals surface area contributed by atoms with Crippen LogP contribution in [0.5, 0.6) is 0 Å². The van der Waals surface area contributed by atoms with E-state index in [1.165, 1.54) is 36.4 Å². The lowest BCUT2D eigenvalue weighted by molar-refractivity contribution is 0.196. The molecule has 0 spiro atoms. The molecular formula is C11H10FNO2S. The van der Waals surface area contributed by atoms with Crippen molar-refractivity contribution in [3.05, 3.63) is 42.0 Å². The maximum Gasteiger partial charge on any atom is 0.260 e. The molecule has 0 aliphatic rings. The van der Waals surface area contributed by atoms with Crippen molar-refractivity contribution >= 4 is 11.8 Å². The van der Waals surface area contributed by atoms with Gasteiger partial charge < -0.3 is 9.52 Å². The number of rotatable bonds is 3. The van der Waals surface area contributed by atoms with E-state index < -0.39 is 6.10 Å². The summed E-state index contributed by atoms with van der Waals surface area (Å²) in [6.07, 6.45) is 2.27. The molecule has 0 aliphatic heterocycles. The van der Waals surface area contributed by atoms with Crippen LogP contribution in [0.15, 0.2) is 45.2 Å². The summed E-state index contributed by atoms with van der Waals surface area (Å²) in [4.78, 5) is 4.69. The molecule has 0 unspecified atom stereocenters. The van der Waals surface area contributed by atoms with E-state index in [0.717, 1.165) is 4.90 Å². The lowest BCUT2D eigenvalue weighted by Crippen LogP contribution is -1.95. The Morgan fingerprint density at radius 3 is 2.94 bits per heavy atom. The number of aromatic nitrogens is 1. The second kappa shape index (κ2) is 4.67. The number of aliphatic hydroxyl groups excluding tert-OH is 1. The summed E-state index contributed by atoms with van der Waals surface area (Å²) in [5.74, 6) is -0.368. The predicted octanol–water partition coefficient (Wildman–Crippen LogP) is 3.02. The molecule has 1 atom stereocenters. The lowest BCUT2D eigenvalue weighted by atomic mass is 10.1. The number of oxazole rings is 1. The van der Waals surface area contributed by atoms with E-state index in [-0.39, 0.29) is 5.82 Å². The third-order valence-corrected chi connectivity index (χ3v) is 3.00. The van der Waals surface area contributed by atoms with Gasteiger partial charge in [-0.3, -0.25) is 0 Å². The first-order valence-corrected chi connectivity index (χ1v) is 5.53. The summed E-state index contributed by atoms with van der Waals surface area (Å²) >= 11 is 1.25. The van der Waals surface area contributed by atoms with Gasteiger partial charge in [0.1, 0.15) is 12.1 Å². The highest BCUT2D eigenvalue weighted by Gasteiger charge is 2.12. The van der Waals surface area contributed by atoms with E-state index in [4.69, 9.17) is 4.42 Å². The summed E-state index contributed by atoms with van der Waals surface area (Å²) in [6.45, 7) is 1.59. The van der Waals surface area contributed by atoms with Gasteiger partial charge in [0, 0.05) is 4.90 Å². The van der Waals surface area contributed by atoms with Crippen LogP contribution in [-0.2, 0) is 0 Å². The van der Waals surface area contributed by atoms with Crippen LogP contribution in [0.4, 0.5) is 4.39 Å². The molecule has 1 aromatic heterocycles. The quantitative estimate of drug-likeness (QED) is 0.894. The zero-order chi connectivity index (χ0) is 11.5. The fourth-order valence-electron chi connectivity index (χ4n) is 1.29. The van der Waals surface area contributed by atoms with Gasteiger partial charge in [-0.2, -0.15) is 0 Å². The zero-order valence-corrected chi connectivity index (χ0v) is 9.37. The van der Waals surface area contributed by atoms with Crippen molar-refractivity contribution in [2.45, 2.75) is 23.1 Å². The van der Waals surface area contributed by atoms with Crippen molar-refractivity contribution in [2.75, 3.05) is 0 Å². The number of halogens is 1. The highest BCUT2D eigenvalue weighted by Crippen LogP contribution is 2.32. The fraction of sp³-hybridized carbons (Fsp3) is 0.182. The minimum absolute atomic E-state index is 0.368. The summed E-state index contributed by atoms with van der Waals surface area (Å²) in [6, 6.07) is 4.26. The molecule has 1 aromatic carbocycles. The maximum atomic E-state index is 13.0. The summed E-state index contributed by atoms with van der Waals surface area (Å²) in [5, 5.41) is 9.99. The topological polar surface area (TPSA) is 46.3 Å². The van der Waals surface area contributed by atoms with Crippen molar-refractivity contribution < 1.29 is 13.9 Å².